The zero-order valence-electron chi connectivity index (χ0n) is 14.5. The molecular weight excluding hydrogens is 352 g/mol. The summed E-state index contributed by atoms with van der Waals surface area (Å²) in [5.74, 6) is -1.93. The highest BCUT2D eigenvalue weighted by Gasteiger charge is 2.26. The first-order chi connectivity index (χ1) is 12.5. The summed E-state index contributed by atoms with van der Waals surface area (Å²) in [5, 5.41) is 16.3. The molecule has 7 heteroatoms. The van der Waals surface area contributed by atoms with Crippen LogP contribution in [0.4, 0.5) is 0 Å². The molecule has 0 radical (unpaired) electrons. The van der Waals surface area contributed by atoms with Crippen molar-refractivity contribution in [2.45, 2.75) is 38.3 Å². The summed E-state index contributed by atoms with van der Waals surface area (Å²) < 4.78 is 0. The number of benzene rings is 1. The van der Waals surface area contributed by atoms with Gasteiger partial charge in [-0.15, -0.1) is 11.3 Å². The summed E-state index contributed by atoms with van der Waals surface area (Å²) in [7, 11) is 0. The van der Waals surface area contributed by atoms with Crippen LogP contribution in [0.2, 0.25) is 0 Å². The van der Waals surface area contributed by atoms with Gasteiger partial charge in [0.25, 0.3) is 5.91 Å². The van der Waals surface area contributed by atoms with Crippen LogP contribution < -0.4 is 10.6 Å². The number of hydrogen-bond donors (Lipinski definition) is 3. The van der Waals surface area contributed by atoms with E-state index in [1.165, 1.54) is 11.3 Å². The van der Waals surface area contributed by atoms with Crippen LogP contribution in [0.25, 0.3) is 0 Å². The number of carboxylic acids is 1. The molecular formula is C19H22N2O4S. The summed E-state index contributed by atoms with van der Waals surface area (Å²) in [6.45, 7) is 1.85. The minimum absolute atomic E-state index is 0.280. The summed E-state index contributed by atoms with van der Waals surface area (Å²) >= 11 is 1.28. The zero-order valence-corrected chi connectivity index (χ0v) is 15.3. The van der Waals surface area contributed by atoms with E-state index >= 15 is 0 Å². The van der Waals surface area contributed by atoms with Crippen LogP contribution in [-0.2, 0) is 16.0 Å². The lowest BCUT2D eigenvalue weighted by atomic mass is 10.0. The molecule has 0 saturated heterocycles. The normalized spacial score (nSPS) is 12.8. The van der Waals surface area contributed by atoms with Crippen molar-refractivity contribution in [1.29, 1.82) is 0 Å². The molecule has 0 spiro atoms. The van der Waals surface area contributed by atoms with Crippen molar-refractivity contribution < 1.29 is 19.5 Å². The number of carbonyl (C=O) groups excluding carboxylic acids is 2. The Kier molecular flexibility index (Phi) is 7.35. The molecule has 0 bridgehead atoms. The molecule has 2 aromatic rings. The highest BCUT2D eigenvalue weighted by molar-refractivity contribution is 7.12. The maximum atomic E-state index is 12.7. The third-order valence-corrected chi connectivity index (χ3v) is 4.71. The molecule has 3 N–H and O–H groups in total. The number of thiophene rings is 1. The van der Waals surface area contributed by atoms with E-state index in [0.29, 0.717) is 17.7 Å². The van der Waals surface area contributed by atoms with E-state index in [2.05, 4.69) is 10.6 Å². The molecule has 2 amide bonds. The topological polar surface area (TPSA) is 95.5 Å². The number of amides is 2. The fourth-order valence-electron chi connectivity index (χ4n) is 2.51. The molecule has 0 aliphatic heterocycles. The van der Waals surface area contributed by atoms with E-state index in [1.807, 2.05) is 37.3 Å². The van der Waals surface area contributed by atoms with E-state index in [4.69, 9.17) is 0 Å². The van der Waals surface area contributed by atoms with Crippen LogP contribution in [0.15, 0.2) is 47.8 Å². The van der Waals surface area contributed by atoms with E-state index < -0.39 is 24.0 Å². The van der Waals surface area contributed by atoms with Crippen LogP contribution in [-0.4, -0.2) is 35.0 Å². The highest BCUT2D eigenvalue weighted by atomic mass is 32.1. The van der Waals surface area contributed by atoms with Crippen LogP contribution >= 0.6 is 11.3 Å². The first kappa shape index (κ1) is 19.7. The first-order valence-electron chi connectivity index (χ1n) is 8.42. The Hall–Kier alpha value is -2.67. The molecule has 1 aromatic carbocycles. The second-order valence-corrected chi connectivity index (χ2v) is 6.83. The third-order valence-electron chi connectivity index (χ3n) is 3.84. The van der Waals surface area contributed by atoms with Gasteiger partial charge in [0.2, 0.25) is 5.91 Å². The Morgan fingerprint density at radius 3 is 2.35 bits per heavy atom. The average molecular weight is 374 g/mol. The molecule has 2 atom stereocenters. The second kappa shape index (κ2) is 9.72. The molecule has 0 aliphatic rings. The maximum absolute atomic E-state index is 12.7. The monoisotopic (exact) mass is 374 g/mol. The second-order valence-electron chi connectivity index (χ2n) is 5.88. The number of hydrogen-bond acceptors (Lipinski definition) is 4. The lowest BCUT2D eigenvalue weighted by molar-refractivity contribution is -0.142. The summed E-state index contributed by atoms with van der Waals surface area (Å²) in [4.78, 5) is 36.8. The molecule has 0 saturated carbocycles. The molecule has 26 heavy (non-hydrogen) atoms. The zero-order chi connectivity index (χ0) is 18.9. The van der Waals surface area contributed by atoms with Crippen LogP contribution in [0.1, 0.15) is 35.0 Å². The van der Waals surface area contributed by atoms with Gasteiger partial charge < -0.3 is 15.7 Å². The molecule has 1 aromatic heterocycles. The Bertz CT molecular complexity index is 731. The minimum atomic E-state index is -1.08. The SMILES string of the molecule is CCCC(NC(=O)C(Cc1ccccc1)NC(=O)c1cccs1)C(=O)O. The van der Waals surface area contributed by atoms with Gasteiger partial charge in [-0.1, -0.05) is 49.7 Å². The van der Waals surface area contributed by atoms with Gasteiger partial charge in [-0.05, 0) is 23.4 Å². The van der Waals surface area contributed by atoms with E-state index in [0.717, 1.165) is 5.56 Å². The quantitative estimate of drug-likeness (QED) is 0.628. The number of rotatable bonds is 9. The van der Waals surface area contributed by atoms with Crippen molar-refractivity contribution in [1.82, 2.24) is 10.6 Å². The average Bonchev–Trinajstić information content (AvgIpc) is 3.16. The van der Waals surface area contributed by atoms with Crippen molar-refractivity contribution in [3.63, 3.8) is 0 Å². The number of nitrogens with one attached hydrogen (secondary N) is 2. The van der Waals surface area contributed by atoms with Gasteiger partial charge in [0.1, 0.15) is 12.1 Å². The van der Waals surface area contributed by atoms with Crippen molar-refractivity contribution >= 4 is 29.1 Å². The third kappa shape index (κ3) is 5.70. The molecule has 0 fully saturated rings. The van der Waals surface area contributed by atoms with Gasteiger partial charge in [0.15, 0.2) is 0 Å². The predicted octanol–water partition coefficient (Wildman–Crippen LogP) is 2.46. The molecule has 138 valence electrons. The molecule has 1 heterocycles. The summed E-state index contributed by atoms with van der Waals surface area (Å²) in [6, 6.07) is 10.9. The fourth-order valence-corrected chi connectivity index (χ4v) is 3.14. The Balaban J connectivity index is 2.14. The minimum Gasteiger partial charge on any atom is -0.480 e. The predicted molar refractivity (Wildman–Crippen MR) is 100 cm³/mol. The van der Waals surface area contributed by atoms with Gasteiger partial charge in [0.05, 0.1) is 4.88 Å². The lowest BCUT2D eigenvalue weighted by Crippen LogP contribution is -2.52. The lowest BCUT2D eigenvalue weighted by Gasteiger charge is -2.21. The largest absolute Gasteiger partial charge is 0.480 e. The van der Waals surface area contributed by atoms with E-state index in [1.54, 1.807) is 17.5 Å². The van der Waals surface area contributed by atoms with Gasteiger partial charge in [0, 0.05) is 6.42 Å². The Morgan fingerprint density at radius 2 is 1.77 bits per heavy atom. The van der Waals surface area contributed by atoms with Gasteiger partial charge in [-0.3, -0.25) is 9.59 Å². The van der Waals surface area contributed by atoms with Crippen LogP contribution in [0.3, 0.4) is 0 Å². The van der Waals surface area contributed by atoms with E-state index in [9.17, 15) is 19.5 Å². The maximum Gasteiger partial charge on any atom is 0.326 e. The fraction of sp³-hybridized carbons (Fsp3) is 0.316. The Labute approximate surface area is 156 Å². The summed E-state index contributed by atoms with van der Waals surface area (Å²) in [6.07, 6.45) is 1.24. The van der Waals surface area contributed by atoms with Crippen LogP contribution in [0, 0.1) is 0 Å². The standard InChI is InChI=1S/C19H22N2O4S/c1-2-7-14(19(24)25)20-17(22)15(12-13-8-4-3-5-9-13)21-18(23)16-10-6-11-26-16/h3-6,8-11,14-15H,2,7,12H2,1H3,(H,20,22)(H,21,23)(H,24,25). The molecule has 6 nitrogen and oxygen atoms in total. The molecule has 0 aliphatic carbocycles. The van der Waals surface area contributed by atoms with Gasteiger partial charge in [-0.25, -0.2) is 4.79 Å². The smallest absolute Gasteiger partial charge is 0.326 e. The Morgan fingerprint density at radius 1 is 1.04 bits per heavy atom. The molecule has 2 rings (SSSR count). The van der Waals surface area contributed by atoms with Crippen molar-refractivity contribution in [2.75, 3.05) is 0 Å². The van der Waals surface area contributed by atoms with Crippen molar-refractivity contribution in [2.24, 2.45) is 0 Å². The van der Waals surface area contributed by atoms with Gasteiger partial charge >= 0.3 is 5.97 Å². The number of aliphatic carboxylic acids is 1. The van der Waals surface area contributed by atoms with Gasteiger partial charge in [-0.2, -0.15) is 0 Å². The van der Waals surface area contributed by atoms with Crippen LogP contribution in [0.5, 0.6) is 0 Å². The number of carbonyl (C=O) groups is 3. The first-order valence-corrected chi connectivity index (χ1v) is 9.30. The highest BCUT2D eigenvalue weighted by Crippen LogP contribution is 2.10. The van der Waals surface area contributed by atoms with Crippen molar-refractivity contribution in [3.05, 3.63) is 58.3 Å². The van der Waals surface area contributed by atoms with E-state index in [-0.39, 0.29) is 12.3 Å². The number of carboxylic acid groups (broad SMARTS) is 1. The van der Waals surface area contributed by atoms with Crippen molar-refractivity contribution in [3.8, 4) is 0 Å². The summed E-state index contributed by atoms with van der Waals surface area (Å²) in [5.41, 5.74) is 0.876. The molecule has 2 unspecified atom stereocenters.